The SMILES string of the molecule is C=Cc1c(Br)cccc1SC(C)=O. The summed E-state index contributed by atoms with van der Waals surface area (Å²) in [5.74, 6) is 0. The highest BCUT2D eigenvalue weighted by molar-refractivity contribution is 9.10. The van der Waals surface area contributed by atoms with Gasteiger partial charge in [0.05, 0.1) is 0 Å². The first kappa shape index (κ1) is 10.5. The molecule has 0 radical (unpaired) electrons. The van der Waals surface area contributed by atoms with Gasteiger partial charge in [0.1, 0.15) is 0 Å². The van der Waals surface area contributed by atoms with Gasteiger partial charge in [0.25, 0.3) is 0 Å². The predicted octanol–water partition coefficient (Wildman–Crippen LogP) is 3.73. The summed E-state index contributed by atoms with van der Waals surface area (Å²) in [6, 6.07) is 5.75. The second-order valence-corrected chi connectivity index (χ2v) is 4.52. The Bertz CT molecular complexity index is 347. The van der Waals surface area contributed by atoms with Crippen LogP contribution >= 0.6 is 27.7 Å². The monoisotopic (exact) mass is 256 g/mol. The molecule has 0 fully saturated rings. The lowest BCUT2D eigenvalue weighted by molar-refractivity contribution is -0.109. The highest BCUT2D eigenvalue weighted by atomic mass is 79.9. The average molecular weight is 257 g/mol. The summed E-state index contributed by atoms with van der Waals surface area (Å²) in [5.41, 5.74) is 0.975. The van der Waals surface area contributed by atoms with Gasteiger partial charge in [-0.2, -0.15) is 0 Å². The van der Waals surface area contributed by atoms with Crippen molar-refractivity contribution in [3.8, 4) is 0 Å². The molecule has 0 heterocycles. The summed E-state index contributed by atoms with van der Waals surface area (Å²) in [4.78, 5) is 11.8. The van der Waals surface area contributed by atoms with Gasteiger partial charge < -0.3 is 0 Å². The van der Waals surface area contributed by atoms with E-state index in [1.807, 2.05) is 18.2 Å². The first-order valence-corrected chi connectivity index (χ1v) is 5.35. The van der Waals surface area contributed by atoms with E-state index in [1.54, 1.807) is 13.0 Å². The van der Waals surface area contributed by atoms with Gasteiger partial charge in [-0.05, 0) is 12.1 Å². The van der Waals surface area contributed by atoms with Gasteiger partial charge in [-0.1, -0.05) is 46.4 Å². The van der Waals surface area contributed by atoms with Gasteiger partial charge in [-0.3, -0.25) is 4.79 Å². The Morgan fingerprint density at radius 2 is 2.31 bits per heavy atom. The molecule has 1 rings (SSSR count). The maximum absolute atomic E-state index is 10.9. The quantitative estimate of drug-likeness (QED) is 0.751. The zero-order valence-electron chi connectivity index (χ0n) is 7.21. The minimum Gasteiger partial charge on any atom is -0.287 e. The number of carbonyl (C=O) groups excluding carboxylic acids is 1. The Kier molecular flexibility index (Phi) is 3.75. The van der Waals surface area contributed by atoms with Crippen LogP contribution in [0.5, 0.6) is 0 Å². The van der Waals surface area contributed by atoms with Crippen LogP contribution in [0.4, 0.5) is 0 Å². The summed E-state index contributed by atoms with van der Waals surface area (Å²) in [5, 5.41) is 0.0844. The Balaban J connectivity index is 3.12. The lowest BCUT2D eigenvalue weighted by Crippen LogP contribution is -1.85. The van der Waals surface area contributed by atoms with Crippen molar-refractivity contribution in [2.24, 2.45) is 0 Å². The molecule has 0 saturated heterocycles. The molecule has 0 atom stereocenters. The molecule has 0 amide bonds. The minimum atomic E-state index is 0.0844. The van der Waals surface area contributed by atoms with Crippen molar-refractivity contribution in [1.29, 1.82) is 0 Å². The molecule has 0 saturated carbocycles. The molecular formula is C10H9BrOS. The van der Waals surface area contributed by atoms with E-state index in [-0.39, 0.29) is 5.12 Å². The molecule has 3 heteroatoms. The summed E-state index contributed by atoms with van der Waals surface area (Å²) in [6.07, 6.45) is 1.75. The van der Waals surface area contributed by atoms with Gasteiger partial charge in [0, 0.05) is 21.9 Å². The van der Waals surface area contributed by atoms with E-state index >= 15 is 0 Å². The van der Waals surface area contributed by atoms with Crippen molar-refractivity contribution in [3.05, 3.63) is 34.8 Å². The van der Waals surface area contributed by atoms with Crippen molar-refractivity contribution in [1.82, 2.24) is 0 Å². The first-order chi connectivity index (χ1) is 6.15. The summed E-state index contributed by atoms with van der Waals surface area (Å²) >= 11 is 4.62. The third-order valence-electron chi connectivity index (χ3n) is 1.47. The Labute approximate surface area is 90.4 Å². The fraction of sp³-hybridized carbons (Fsp3) is 0.100. The van der Waals surface area contributed by atoms with Gasteiger partial charge in [-0.25, -0.2) is 0 Å². The molecule has 0 unspecified atom stereocenters. The minimum absolute atomic E-state index is 0.0844. The number of carbonyl (C=O) groups is 1. The second-order valence-electron chi connectivity index (χ2n) is 2.45. The number of halogens is 1. The van der Waals surface area contributed by atoms with Crippen molar-refractivity contribution in [2.75, 3.05) is 0 Å². The lowest BCUT2D eigenvalue weighted by atomic mass is 10.2. The molecule has 13 heavy (non-hydrogen) atoms. The Morgan fingerprint density at radius 3 is 2.85 bits per heavy atom. The molecule has 1 nitrogen and oxygen atoms in total. The van der Waals surface area contributed by atoms with E-state index in [1.165, 1.54) is 11.8 Å². The fourth-order valence-corrected chi connectivity index (χ4v) is 2.38. The molecular weight excluding hydrogens is 248 g/mol. The summed E-state index contributed by atoms with van der Waals surface area (Å²) in [7, 11) is 0. The predicted molar refractivity (Wildman–Crippen MR) is 60.8 cm³/mol. The molecule has 0 aliphatic heterocycles. The van der Waals surface area contributed by atoms with Crippen LogP contribution in [-0.2, 0) is 4.79 Å². The van der Waals surface area contributed by atoms with Gasteiger partial charge in [0.15, 0.2) is 5.12 Å². The third-order valence-corrected chi connectivity index (χ3v) is 3.03. The molecule has 0 aliphatic rings. The third kappa shape index (κ3) is 2.71. The van der Waals surface area contributed by atoms with E-state index < -0.39 is 0 Å². The van der Waals surface area contributed by atoms with E-state index in [0.717, 1.165) is 14.9 Å². The van der Waals surface area contributed by atoms with Crippen LogP contribution in [0.15, 0.2) is 34.1 Å². The molecule has 1 aromatic carbocycles. The molecule has 0 aliphatic carbocycles. The van der Waals surface area contributed by atoms with E-state index in [4.69, 9.17) is 0 Å². The van der Waals surface area contributed by atoms with Crippen molar-refractivity contribution < 1.29 is 4.79 Å². The smallest absolute Gasteiger partial charge is 0.190 e. The van der Waals surface area contributed by atoms with Crippen LogP contribution in [0.2, 0.25) is 0 Å². The number of thioether (sulfide) groups is 1. The Morgan fingerprint density at radius 1 is 1.62 bits per heavy atom. The van der Waals surface area contributed by atoms with Crippen LogP contribution in [0.1, 0.15) is 12.5 Å². The topological polar surface area (TPSA) is 17.1 Å². The van der Waals surface area contributed by atoms with Crippen LogP contribution < -0.4 is 0 Å². The highest BCUT2D eigenvalue weighted by Gasteiger charge is 2.05. The number of rotatable bonds is 2. The van der Waals surface area contributed by atoms with Crippen molar-refractivity contribution in [2.45, 2.75) is 11.8 Å². The molecule has 0 spiro atoms. The van der Waals surface area contributed by atoms with E-state index in [2.05, 4.69) is 22.5 Å². The normalized spacial score (nSPS) is 9.69. The van der Waals surface area contributed by atoms with Crippen molar-refractivity contribution >= 4 is 38.9 Å². The van der Waals surface area contributed by atoms with E-state index in [9.17, 15) is 4.79 Å². The number of hydrogen-bond acceptors (Lipinski definition) is 2. The van der Waals surface area contributed by atoms with E-state index in [0.29, 0.717) is 0 Å². The van der Waals surface area contributed by atoms with Crippen LogP contribution in [-0.4, -0.2) is 5.12 Å². The standard InChI is InChI=1S/C10H9BrOS/c1-3-8-9(11)5-4-6-10(8)13-7(2)12/h3-6H,1H2,2H3. The average Bonchev–Trinajstić information content (AvgIpc) is 2.03. The molecule has 0 aromatic heterocycles. The first-order valence-electron chi connectivity index (χ1n) is 3.74. The molecule has 1 aromatic rings. The van der Waals surface area contributed by atoms with Crippen LogP contribution in [0, 0.1) is 0 Å². The maximum Gasteiger partial charge on any atom is 0.190 e. The van der Waals surface area contributed by atoms with Crippen LogP contribution in [0.25, 0.3) is 6.08 Å². The summed E-state index contributed by atoms with van der Waals surface area (Å²) in [6.45, 7) is 5.26. The fourth-order valence-electron chi connectivity index (χ4n) is 0.959. The molecule has 68 valence electrons. The van der Waals surface area contributed by atoms with Crippen LogP contribution in [0.3, 0.4) is 0 Å². The molecule has 0 bridgehead atoms. The number of hydrogen-bond donors (Lipinski definition) is 0. The maximum atomic E-state index is 10.9. The highest BCUT2D eigenvalue weighted by Crippen LogP contribution is 2.29. The number of benzene rings is 1. The largest absolute Gasteiger partial charge is 0.287 e. The lowest BCUT2D eigenvalue weighted by Gasteiger charge is -2.04. The van der Waals surface area contributed by atoms with Gasteiger partial charge >= 0.3 is 0 Å². The van der Waals surface area contributed by atoms with Crippen molar-refractivity contribution in [3.63, 3.8) is 0 Å². The van der Waals surface area contributed by atoms with Gasteiger partial charge in [-0.15, -0.1) is 0 Å². The zero-order chi connectivity index (χ0) is 9.84. The summed E-state index contributed by atoms with van der Waals surface area (Å²) < 4.78 is 0.966. The second kappa shape index (κ2) is 4.63. The Hall–Kier alpha value is -0.540. The zero-order valence-corrected chi connectivity index (χ0v) is 9.61. The molecule has 0 N–H and O–H groups in total. The van der Waals surface area contributed by atoms with Gasteiger partial charge in [0.2, 0.25) is 0 Å².